The molecule has 0 saturated heterocycles. The number of hydrogen-bond donors (Lipinski definition) is 0. The van der Waals surface area contributed by atoms with Gasteiger partial charge in [0.1, 0.15) is 13.5 Å². The van der Waals surface area contributed by atoms with E-state index in [4.69, 9.17) is 9.47 Å². The summed E-state index contributed by atoms with van der Waals surface area (Å²) in [4.78, 5) is 11.6. The predicted molar refractivity (Wildman–Crippen MR) is 84.9 cm³/mol. The molecule has 4 nitrogen and oxygen atoms in total. The molecule has 0 aromatic heterocycles. The van der Waals surface area contributed by atoms with Crippen molar-refractivity contribution >= 4 is 13.1 Å². The topological polar surface area (TPSA) is 52.6 Å². The van der Waals surface area contributed by atoms with Gasteiger partial charge in [0.05, 0.1) is 19.1 Å². The van der Waals surface area contributed by atoms with Gasteiger partial charge in [-0.2, -0.15) is 0 Å². The minimum atomic E-state index is -2.49. The molecule has 0 spiro atoms. The molecule has 1 rings (SSSR count). The van der Waals surface area contributed by atoms with Gasteiger partial charge in [0.25, 0.3) is 0 Å². The smallest absolute Gasteiger partial charge is 0.309 e. The molecule has 5 heteroatoms. The third kappa shape index (κ3) is 6.45. The van der Waals surface area contributed by atoms with Crippen molar-refractivity contribution in [3.63, 3.8) is 0 Å². The van der Waals surface area contributed by atoms with E-state index in [1.807, 2.05) is 37.3 Å². The summed E-state index contributed by atoms with van der Waals surface area (Å²) in [5.74, 6) is -0.634. The van der Waals surface area contributed by atoms with Crippen molar-refractivity contribution in [3.05, 3.63) is 35.9 Å². The Bertz CT molecular complexity index is 472. The number of carbonyl (C=O) groups is 1. The van der Waals surface area contributed by atoms with Crippen molar-refractivity contribution in [1.82, 2.24) is 0 Å². The fraction of sp³-hybridized carbons (Fsp3) is 0.562. The second-order valence-electron chi connectivity index (χ2n) is 5.17. The maximum atomic E-state index is 12.8. The normalized spacial score (nSPS) is 15.2. The Kier molecular flexibility index (Phi) is 7.69. The molecule has 0 aliphatic carbocycles. The minimum Gasteiger partial charge on any atom is -0.466 e. The number of hydrogen-bond acceptors (Lipinski definition) is 4. The fourth-order valence-electron chi connectivity index (χ4n) is 2.04. The lowest BCUT2D eigenvalue weighted by Gasteiger charge is -2.20. The van der Waals surface area contributed by atoms with Crippen LogP contribution >= 0.6 is 7.14 Å². The molecule has 118 valence electrons. The maximum Gasteiger partial charge on any atom is 0.309 e. The van der Waals surface area contributed by atoms with Gasteiger partial charge in [-0.1, -0.05) is 44.2 Å². The summed E-state index contributed by atoms with van der Waals surface area (Å²) in [6, 6.07) is 9.78. The standard InChI is InChI=1S/C16H25O4P/c1-4-20-16(17)14(3)12-21(18,5-2)13-19-11-15-9-7-6-8-10-15/h6-10,14H,4-5,11-13H2,1-3H3. The lowest BCUT2D eigenvalue weighted by atomic mass is 10.2. The van der Waals surface area contributed by atoms with Crippen LogP contribution in [0.4, 0.5) is 0 Å². The number of ether oxygens (including phenoxy) is 2. The van der Waals surface area contributed by atoms with E-state index >= 15 is 0 Å². The lowest BCUT2D eigenvalue weighted by Crippen LogP contribution is -2.20. The number of benzene rings is 1. The van der Waals surface area contributed by atoms with Crippen LogP contribution in [-0.4, -0.2) is 31.2 Å². The Morgan fingerprint density at radius 3 is 2.48 bits per heavy atom. The molecule has 0 radical (unpaired) electrons. The second kappa shape index (κ2) is 9.01. The maximum absolute atomic E-state index is 12.8. The van der Waals surface area contributed by atoms with Crippen molar-refractivity contribution < 1.29 is 18.8 Å². The van der Waals surface area contributed by atoms with E-state index in [2.05, 4.69) is 0 Å². The first kappa shape index (κ1) is 17.9. The molecule has 0 N–H and O–H groups in total. The first-order valence-corrected chi connectivity index (χ1v) is 9.62. The van der Waals surface area contributed by atoms with Crippen LogP contribution in [-0.2, 0) is 25.4 Å². The highest BCUT2D eigenvalue weighted by Gasteiger charge is 2.27. The van der Waals surface area contributed by atoms with E-state index in [1.165, 1.54) is 0 Å². The van der Waals surface area contributed by atoms with Gasteiger partial charge in [-0.15, -0.1) is 0 Å². The highest BCUT2D eigenvalue weighted by Crippen LogP contribution is 2.47. The van der Waals surface area contributed by atoms with Crippen LogP contribution in [0.5, 0.6) is 0 Å². The van der Waals surface area contributed by atoms with Gasteiger partial charge in [-0.3, -0.25) is 4.79 Å². The quantitative estimate of drug-likeness (QED) is 0.515. The van der Waals surface area contributed by atoms with Gasteiger partial charge in [0.2, 0.25) is 0 Å². The Labute approximate surface area is 127 Å². The van der Waals surface area contributed by atoms with Gasteiger partial charge < -0.3 is 14.0 Å². The fourth-order valence-corrected chi connectivity index (χ4v) is 4.15. The van der Waals surface area contributed by atoms with E-state index in [9.17, 15) is 9.36 Å². The molecule has 1 aromatic rings. The van der Waals surface area contributed by atoms with E-state index in [0.29, 0.717) is 25.5 Å². The van der Waals surface area contributed by atoms with Gasteiger partial charge in [0, 0.05) is 12.3 Å². The highest BCUT2D eigenvalue weighted by atomic mass is 31.2. The van der Waals surface area contributed by atoms with Gasteiger partial charge in [-0.05, 0) is 12.5 Å². The molecule has 0 saturated carbocycles. The summed E-state index contributed by atoms with van der Waals surface area (Å²) in [5, 5.41) is 0. The largest absolute Gasteiger partial charge is 0.466 e. The van der Waals surface area contributed by atoms with E-state index in [1.54, 1.807) is 13.8 Å². The van der Waals surface area contributed by atoms with Crippen molar-refractivity contribution in [2.75, 3.05) is 25.3 Å². The van der Waals surface area contributed by atoms with Crippen molar-refractivity contribution in [2.24, 2.45) is 5.92 Å². The van der Waals surface area contributed by atoms with Crippen LogP contribution < -0.4 is 0 Å². The highest BCUT2D eigenvalue weighted by molar-refractivity contribution is 7.63. The number of carbonyl (C=O) groups excluding carboxylic acids is 1. The monoisotopic (exact) mass is 312 g/mol. The Balaban J connectivity index is 2.48. The zero-order valence-electron chi connectivity index (χ0n) is 13.1. The summed E-state index contributed by atoms with van der Waals surface area (Å²) < 4.78 is 23.3. The average Bonchev–Trinajstić information content (AvgIpc) is 2.48. The summed E-state index contributed by atoms with van der Waals surface area (Å²) >= 11 is 0. The van der Waals surface area contributed by atoms with E-state index in [0.717, 1.165) is 5.56 Å². The van der Waals surface area contributed by atoms with Crippen LogP contribution in [0.3, 0.4) is 0 Å². The van der Waals surface area contributed by atoms with Gasteiger partial charge >= 0.3 is 5.97 Å². The summed E-state index contributed by atoms with van der Waals surface area (Å²) in [6.07, 6.45) is 1.09. The molecule has 0 aliphatic rings. The van der Waals surface area contributed by atoms with Crippen LogP contribution in [0.1, 0.15) is 26.3 Å². The van der Waals surface area contributed by atoms with Crippen molar-refractivity contribution in [1.29, 1.82) is 0 Å². The Hall–Kier alpha value is -1.12. The van der Waals surface area contributed by atoms with Crippen LogP contribution in [0.2, 0.25) is 0 Å². The number of esters is 1. The van der Waals surface area contributed by atoms with Crippen LogP contribution in [0, 0.1) is 5.92 Å². The molecular weight excluding hydrogens is 287 g/mol. The molecule has 2 atom stereocenters. The zero-order valence-corrected chi connectivity index (χ0v) is 14.0. The molecular formula is C16H25O4P. The molecule has 21 heavy (non-hydrogen) atoms. The van der Waals surface area contributed by atoms with Gasteiger partial charge in [-0.25, -0.2) is 0 Å². The average molecular weight is 312 g/mol. The molecule has 0 fully saturated rings. The first-order chi connectivity index (χ1) is 10.0. The molecule has 0 heterocycles. The molecule has 0 amide bonds. The first-order valence-electron chi connectivity index (χ1n) is 7.36. The third-order valence-corrected chi connectivity index (χ3v) is 6.33. The van der Waals surface area contributed by atoms with Crippen molar-refractivity contribution in [3.8, 4) is 0 Å². The number of rotatable bonds is 9. The van der Waals surface area contributed by atoms with Crippen LogP contribution in [0.25, 0.3) is 0 Å². The second-order valence-corrected chi connectivity index (χ2v) is 8.55. The SMILES string of the molecule is CCOC(=O)C(C)CP(=O)(CC)COCc1ccccc1. The summed E-state index contributed by atoms with van der Waals surface area (Å²) in [6.45, 7) is 6.21. The third-order valence-electron chi connectivity index (χ3n) is 3.31. The summed E-state index contributed by atoms with van der Waals surface area (Å²) in [5.41, 5.74) is 1.05. The Morgan fingerprint density at radius 1 is 1.24 bits per heavy atom. The van der Waals surface area contributed by atoms with E-state index in [-0.39, 0.29) is 18.2 Å². The Morgan fingerprint density at radius 2 is 1.90 bits per heavy atom. The zero-order chi connectivity index (χ0) is 15.7. The molecule has 2 unspecified atom stereocenters. The minimum absolute atomic E-state index is 0.210. The van der Waals surface area contributed by atoms with Crippen LogP contribution in [0.15, 0.2) is 30.3 Å². The molecule has 1 aromatic carbocycles. The predicted octanol–water partition coefficient (Wildman–Crippen LogP) is 3.74. The molecule has 0 aliphatic heterocycles. The van der Waals surface area contributed by atoms with E-state index < -0.39 is 7.14 Å². The molecule has 0 bridgehead atoms. The van der Waals surface area contributed by atoms with Gasteiger partial charge in [0.15, 0.2) is 0 Å². The summed E-state index contributed by atoms with van der Waals surface area (Å²) in [7, 11) is -2.49. The lowest BCUT2D eigenvalue weighted by molar-refractivity contribution is -0.146. The van der Waals surface area contributed by atoms with Crippen molar-refractivity contribution in [2.45, 2.75) is 27.4 Å².